The van der Waals surface area contributed by atoms with Crippen LogP contribution in [0.2, 0.25) is 0 Å². The first-order chi connectivity index (χ1) is 16.9. The Kier molecular flexibility index (Phi) is 8.82. The van der Waals surface area contributed by atoms with Gasteiger partial charge in [0.2, 0.25) is 6.10 Å². The van der Waals surface area contributed by atoms with E-state index < -0.39 is 18.6 Å². The second kappa shape index (κ2) is 12.2. The third-order valence-electron chi connectivity index (χ3n) is 4.72. The zero-order valence-electron chi connectivity index (χ0n) is 19.1. The van der Waals surface area contributed by atoms with E-state index in [-0.39, 0.29) is 17.3 Å². The maximum absolute atomic E-state index is 12.5. The van der Waals surface area contributed by atoms with Gasteiger partial charge in [0.1, 0.15) is 12.4 Å². The summed E-state index contributed by atoms with van der Waals surface area (Å²) >= 11 is 0. The molecule has 184 valence electrons. The largest absolute Gasteiger partial charge is 0.493 e. The SMILES string of the molecule is COc1cc(/C(N)=N/OC(C)C(=O)Nc2ccc(OCc3ccccc3)cc2)ccc1OC(F)F. The first kappa shape index (κ1) is 25.3. The lowest BCUT2D eigenvalue weighted by molar-refractivity contribution is -0.126. The summed E-state index contributed by atoms with van der Waals surface area (Å²) in [6, 6.07) is 20.7. The highest BCUT2D eigenvalue weighted by molar-refractivity contribution is 5.98. The molecule has 10 heteroatoms. The first-order valence-electron chi connectivity index (χ1n) is 10.6. The van der Waals surface area contributed by atoms with Crippen LogP contribution in [0, 0.1) is 0 Å². The van der Waals surface area contributed by atoms with E-state index in [2.05, 4.69) is 15.2 Å². The molecule has 0 bridgehead atoms. The zero-order chi connectivity index (χ0) is 25.2. The number of amidine groups is 1. The summed E-state index contributed by atoms with van der Waals surface area (Å²) in [7, 11) is 1.30. The lowest BCUT2D eigenvalue weighted by Crippen LogP contribution is -2.27. The van der Waals surface area contributed by atoms with Gasteiger partial charge in [-0.1, -0.05) is 35.5 Å². The minimum absolute atomic E-state index is 0.0444. The van der Waals surface area contributed by atoms with Crippen LogP contribution < -0.4 is 25.3 Å². The number of halogens is 2. The van der Waals surface area contributed by atoms with Crippen molar-refractivity contribution >= 4 is 17.4 Å². The van der Waals surface area contributed by atoms with Gasteiger partial charge >= 0.3 is 6.61 Å². The molecule has 1 atom stereocenters. The Hall–Kier alpha value is -4.34. The predicted molar refractivity (Wildman–Crippen MR) is 127 cm³/mol. The number of nitrogens with zero attached hydrogens (tertiary/aromatic N) is 1. The zero-order valence-corrected chi connectivity index (χ0v) is 19.1. The first-order valence-corrected chi connectivity index (χ1v) is 10.6. The molecule has 0 aromatic heterocycles. The quantitative estimate of drug-likeness (QED) is 0.235. The van der Waals surface area contributed by atoms with Gasteiger partial charge in [-0.05, 0) is 55.0 Å². The van der Waals surface area contributed by atoms with Gasteiger partial charge in [-0.25, -0.2) is 0 Å². The van der Waals surface area contributed by atoms with Crippen LogP contribution in [-0.2, 0) is 16.2 Å². The molecular weight excluding hydrogens is 460 g/mol. The van der Waals surface area contributed by atoms with Crippen LogP contribution in [0.1, 0.15) is 18.1 Å². The highest BCUT2D eigenvalue weighted by atomic mass is 19.3. The fourth-order valence-electron chi connectivity index (χ4n) is 2.88. The van der Waals surface area contributed by atoms with Crippen molar-refractivity contribution in [3.8, 4) is 17.2 Å². The van der Waals surface area contributed by atoms with Crippen molar-refractivity contribution in [2.24, 2.45) is 10.9 Å². The molecule has 3 aromatic rings. The molecule has 0 heterocycles. The molecule has 0 fully saturated rings. The fourth-order valence-corrected chi connectivity index (χ4v) is 2.88. The Balaban J connectivity index is 1.53. The Labute approximate surface area is 201 Å². The summed E-state index contributed by atoms with van der Waals surface area (Å²) in [6.45, 7) is -1.06. The number of alkyl halides is 2. The standard InChI is InChI=1S/C25H25F2N3O5/c1-16(35-30-23(28)18-8-13-21(34-25(26)27)22(14-18)32-2)24(31)29-19-9-11-20(12-10-19)33-15-17-6-4-3-5-7-17/h3-14,16,25H,15H2,1-2H3,(H2,28,30)(H,29,31). The second-order valence-corrected chi connectivity index (χ2v) is 7.26. The molecule has 0 aliphatic heterocycles. The maximum Gasteiger partial charge on any atom is 0.387 e. The van der Waals surface area contributed by atoms with Crippen molar-refractivity contribution in [1.82, 2.24) is 0 Å². The average molecular weight is 485 g/mol. The molecule has 0 aliphatic rings. The maximum atomic E-state index is 12.5. The highest BCUT2D eigenvalue weighted by Gasteiger charge is 2.16. The van der Waals surface area contributed by atoms with Crippen molar-refractivity contribution in [2.45, 2.75) is 26.2 Å². The molecule has 0 radical (unpaired) electrons. The van der Waals surface area contributed by atoms with E-state index in [4.69, 9.17) is 20.0 Å². The number of benzene rings is 3. The summed E-state index contributed by atoms with van der Waals surface area (Å²) in [5, 5.41) is 6.47. The molecule has 0 aliphatic carbocycles. The Morgan fingerprint density at radius 3 is 2.40 bits per heavy atom. The number of hydrogen-bond acceptors (Lipinski definition) is 6. The molecule has 35 heavy (non-hydrogen) atoms. The molecule has 3 N–H and O–H groups in total. The molecule has 1 unspecified atom stereocenters. The minimum Gasteiger partial charge on any atom is -0.493 e. The summed E-state index contributed by atoms with van der Waals surface area (Å²) in [6.07, 6.45) is -0.967. The van der Waals surface area contributed by atoms with E-state index in [1.54, 1.807) is 24.3 Å². The van der Waals surface area contributed by atoms with Gasteiger partial charge in [-0.15, -0.1) is 0 Å². The van der Waals surface area contributed by atoms with Gasteiger partial charge in [0.05, 0.1) is 7.11 Å². The number of anilines is 1. The van der Waals surface area contributed by atoms with Crippen molar-refractivity contribution in [3.63, 3.8) is 0 Å². The Bertz CT molecular complexity index is 1140. The highest BCUT2D eigenvalue weighted by Crippen LogP contribution is 2.29. The molecule has 8 nitrogen and oxygen atoms in total. The number of oxime groups is 1. The van der Waals surface area contributed by atoms with Gasteiger partial charge in [0, 0.05) is 11.3 Å². The van der Waals surface area contributed by atoms with Crippen LogP contribution in [0.3, 0.4) is 0 Å². The van der Waals surface area contributed by atoms with Crippen molar-refractivity contribution in [3.05, 3.63) is 83.9 Å². The molecule has 0 saturated carbocycles. The molecule has 3 aromatic carbocycles. The molecule has 1 amide bonds. The predicted octanol–water partition coefficient (Wildman–Crippen LogP) is 4.54. The van der Waals surface area contributed by atoms with Crippen LogP contribution in [0.15, 0.2) is 78.0 Å². The van der Waals surface area contributed by atoms with Gasteiger partial charge in [0.15, 0.2) is 17.3 Å². The lowest BCUT2D eigenvalue weighted by atomic mass is 10.2. The average Bonchev–Trinajstić information content (AvgIpc) is 2.87. The van der Waals surface area contributed by atoms with Crippen LogP contribution in [0.4, 0.5) is 14.5 Å². The number of ether oxygens (including phenoxy) is 3. The molecular formula is C25H25F2N3O5. The van der Waals surface area contributed by atoms with E-state index in [0.29, 0.717) is 23.6 Å². The molecule has 0 spiro atoms. The number of nitrogens with one attached hydrogen (secondary N) is 1. The number of amides is 1. The van der Waals surface area contributed by atoms with Crippen LogP contribution in [0.25, 0.3) is 0 Å². The number of methoxy groups -OCH3 is 1. The topological polar surface area (TPSA) is 104 Å². The number of rotatable bonds is 11. The van der Waals surface area contributed by atoms with E-state index in [1.165, 1.54) is 32.2 Å². The number of carbonyl (C=O) groups excluding carboxylic acids is 1. The van der Waals surface area contributed by atoms with Crippen LogP contribution in [-0.4, -0.2) is 31.6 Å². The van der Waals surface area contributed by atoms with E-state index >= 15 is 0 Å². The monoisotopic (exact) mass is 485 g/mol. The number of carbonyl (C=O) groups is 1. The van der Waals surface area contributed by atoms with Gasteiger partial charge in [-0.2, -0.15) is 8.78 Å². The third-order valence-corrected chi connectivity index (χ3v) is 4.72. The van der Waals surface area contributed by atoms with Gasteiger partial charge in [-0.3, -0.25) is 4.79 Å². The van der Waals surface area contributed by atoms with Crippen molar-refractivity contribution in [1.29, 1.82) is 0 Å². The lowest BCUT2D eigenvalue weighted by Gasteiger charge is -2.13. The number of hydrogen-bond donors (Lipinski definition) is 2. The van der Waals surface area contributed by atoms with Gasteiger partial charge < -0.3 is 30.1 Å². The van der Waals surface area contributed by atoms with Crippen LogP contribution in [0.5, 0.6) is 17.2 Å². The van der Waals surface area contributed by atoms with E-state index in [9.17, 15) is 13.6 Å². The Morgan fingerprint density at radius 1 is 1.03 bits per heavy atom. The van der Waals surface area contributed by atoms with Crippen molar-refractivity contribution in [2.75, 3.05) is 12.4 Å². The fraction of sp³-hybridized carbons (Fsp3) is 0.200. The normalized spacial score (nSPS) is 12.1. The summed E-state index contributed by atoms with van der Waals surface area (Å²) in [5.74, 6) is 0.0327. The minimum atomic E-state index is -3.00. The van der Waals surface area contributed by atoms with Gasteiger partial charge in [0.25, 0.3) is 5.91 Å². The summed E-state index contributed by atoms with van der Waals surface area (Å²) < 4.78 is 40.1. The smallest absolute Gasteiger partial charge is 0.387 e. The van der Waals surface area contributed by atoms with E-state index in [0.717, 1.165) is 5.56 Å². The molecule has 0 saturated heterocycles. The number of nitrogens with two attached hydrogens (primary N) is 1. The molecule has 3 rings (SSSR count). The van der Waals surface area contributed by atoms with Crippen LogP contribution >= 0.6 is 0 Å². The van der Waals surface area contributed by atoms with E-state index in [1.807, 2.05) is 30.3 Å². The summed E-state index contributed by atoms with van der Waals surface area (Å²) in [5.41, 5.74) is 7.83. The summed E-state index contributed by atoms with van der Waals surface area (Å²) in [4.78, 5) is 17.6. The third kappa shape index (κ3) is 7.60. The second-order valence-electron chi connectivity index (χ2n) is 7.26. The Morgan fingerprint density at radius 2 is 1.74 bits per heavy atom. The van der Waals surface area contributed by atoms with Crippen molar-refractivity contribution < 1.29 is 32.6 Å².